The number of halogens is 2. The molecule has 0 unspecified atom stereocenters. The minimum absolute atomic E-state index is 0.0269. The lowest BCUT2D eigenvalue weighted by molar-refractivity contribution is -0.120. The van der Waals surface area contributed by atoms with Crippen LogP contribution in [-0.2, 0) is 9.53 Å². The van der Waals surface area contributed by atoms with Crippen LogP contribution >= 0.6 is 22.9 Å². The van der Waals surface area contributed by atoms with Gasteiger partial charge in [-0.15, -0.1) is 0 Å². The minimum atomic E-state index is -0.709. The quantitative estimate of drug-likeness (QED) is 0.653. The number of carbonyl (C=O) groups is 1. The highest BCUT2D eigenvalue weighted by Crippen LogP contribution is 2.37. The fourth-order valence-corrected chi connectivity index (χ4v) is 4.06. The first-order valence-corrected chi connectivity index (χ1v) is 10.4. The second-order valence-electron chi connectivity index (χ2n) is 6.82. The number of rotatable bonds is 9. The van der Waals surface area contributed by atoms with Gasteiger partial charge in [-0.3, -0.25) is 4.79 Å². The lowest BCUT2D eigenvalue weighted by atomic mass is 9.83. The molecule has 1 amide bonds. The van der Waals surface area contributed by atoms with Crippen molar-refractivity contribution >= 4 is 39.2 Å². The number of pyridine rings is 1. The third kappa shape index (κ3) is 5.01. The molecule has 1 N–H and O–H groups in total. The average Bonchev–Trinajstić information content (AvgIpc) is 2.99. The second-order valence-corrected chi connectivity index (χ2v) is 8.13. The van der Waals surface area contributed by atoms with E-state index in [4.69, 9.17) is 25.8 Å². The Balaban J connectivity index is 1.50. The van der Waals surface area contributed by atoms with Gasteiger partial charge in [0.1, 0.15) is 10.5 Å². The number of amides is 1. The van der Waals surface area contributed by atoms with Gasteiger partial charge in [0.25, 0.3) is 11.1 Å². The van der Waals surface area contributed by atoms with Crippen molar-refractivity contribution in [2.45, 2.75) is 45.8 Å². The molecule has 3 rings (SSSR count). The van der Waals surface area contributed by atoms with Gasteiger partial charge in [0.15, 0.2) is 4.83 Å². The fraction of sp³-hybridized carbons (Fsp3) is 0.611. The lowest BCUT2D eigenvalue weighted by Crippen LogP contribution is -2.40. The van der Waals surface area contributed by atoms with Crippen molar-refractivity contribution in [1.82, 2.24) is 15.3 Å². The van der Waals surface area contributed by atoms with Crippen molar-refractivity contribution in [1.29, 1.82) is 0 Å². The standard InChI is InChI=1S/C18H23ClFN3O4S/c1-4-25-18-22-15-13(19)14(20)16(23-17(15)28-18)27-8-11-5-12(6-11)26-7-9(2)21-10(3)24/h9,11-12H,4-8H2,1-3H3,(H,21,24)/t9-,11?,12?/m0/s1. The smallest absolute Gasteiger partial charge is 0.275 e. The van der Waals surface area contributed by atoms with Gasteiger partial charge >= 0.3 is 0 Å². The summed E-state index contributed by atoms with van der Waals surface area (Å²) in [6.45, 7) is 6.47. The first-order valence-electron chi connectivity index (χ1n) is 9.17. The Kier molecular flexibility index (Phi) is 6.90. The molecule has 2 aromatic rings. The molecule has 1 aliphatic rings. The summed E-state index contributed by atoms with van der Waals surface area (Å²) in [7, 11) is 0. The van der Waals surface area contributed by atoms with Crippen LogP contribution in [0.4, 0.5) is 4.39 Å². The van der Waals surface area contributed by atoms with Gasteiger partial charge in [0.05, 0.1) is 25.9 Å². The van der Waals surface area contributed by atoms with E-state index in [9.17, 15) is 9.18 Å². The first kappa shape index (κ1) is 21.0. The molecule has 0 aliphatic heterocycles. The van der Waals surface area contributed by atoms with E-state index in [0.717, 1.165) is 12.8 Å². The number of fused-ring (bicyclic) bond motifs is 1. The van der Waals surface area contributed by atoms with Crippen LogP contribution in [0.1, 0.15) is 33.6 Å². The Morgan fingerprint density at radius 2 is 2.14 bits per heavy atom. The number of nitrogens with one attached hydrogen (secondary N) is 1. The normalized spacial score (nSPS) is 19.9. The fourth-order valence-electron chi connectivity index (χ4n) is 2.94. The van der Waals surface area contributed by atoms with Gasteiger partial charge in [-0.2, -0.15) is 14.4 Å². The van der Waals surface area contributed by atoms with Gasteiger partial charge in [-0.1, -0.05) is 22.9 Å². The molecule has 1 fully saturated rings. The maximum atomic E-state index is 14.4. The number of ether oxygens (including phenoxy) is 3. The number of carbonyl (C=O) groups excluding carboxylic acids is 1. The highest BCUT2D eigenvalue weighted by Gasteiger charge is 2.31. The molecule has 1 saturated carbocycles. The molecular weight excluding hydrogens is 409 g/mol. The van der Waals surface area contributed by atoms with Crippen LogP contribution < -0.4 is 14.8 Å². The zero-order valence-electron chi connectivity index (χ0n) is 16.0. The van der Waals surface area contributed by atoms with Crippen molar-refractivity contribution in [2.75, 3.05) is 19.8 Å². The van der Waals surface area contributed by atoms with Crippen molar-refractivity contribution in [3.63, 3.8) is 0 Å². The summed E-state index contributed by atoms with van der Waals surface area (Å²) < 4.78 is 31.1. The van der Waals surface area contributed by atoms with Crippen LogP contribution in [0.2, 0.25) is 5.02 Å². The van der Waals surface area contributed by atoms with E-state index in [-0.39, 0.29) is 40.4 Å². The predicted octanol–water partition coefficient (Wildman–Crippen LogP) is 3.58. The van der Waals surface area contributed by atoms with Crippen LogP contribution in [0, 0.1) is 11.7 Å². The summed E-state index contributed by atoms with van der Waals surface area (Å²) in [5, 5.41) is 3.07. The summed E-state index contributed by atoms with van der Waals surface area (Å²) in [4.78, 5) is 19.8. The van der Waals surface area contributed by atoms with Gasteiger partial charge in [-0.05, 0) is 32.6 Å². The number of hydrogen-bond acceptors (Lipinski definition) is 7. The molecule has 1 aliphatic carbocycles. The van der Waals surface area contributed by atoms with Crippen molar-refractivity contribution < 1.29 is 23.4 Å². The number of hydrogen-bond donors (Lipinski definition) is 1. The van der Waals surface area contributed by atoms with Gasteiger partial charge in [-0.25, -0.2) is 0 Å². The second kappa shape index (κ2) is 9.19. The topological polar surface area (TPSA) is 82.6 Å². The zero-order valence-corrected chi connectivity index (χ0v) is 17.5. The van der Waals surface area contributed by atoms with E-state index in [1.807, 2.05) is 13.8 Å². The minimum Gasteiger partial charge on any atom is -0.475 e. The Hall–Kier alpha value is -1.71. The predicted molar refractivity (Wildman–Crippen MR) is 105 cm³/mol. The summed E-state index contributed by atoms with van der Waals surface area (Å²) in [5.74, 6) is -0.640. The Morgan fingerprint density at radius 1 is 1.39 bits per heavy atom. The lowest BCUT2D eigenvalue weighted by Gasteiger charge is -2.35. The largest absolute Gasteiger partial charge is 0.475 e. The van der Waals surface area contributed by atoms with Crippen molar-refractivity contribution in [2.24, 2.45) is 5.92 Å². The highest BCUT2D eigenvalue weighted by atomic mass is 35.5. The Labute approximate surface area is 171 Å². The van der Waals surface area contributed by atoms with Crippen LogP contribution in [0.3, 0.4) is 0 Å². The molecule has 2 aromatic heterocycles. The zero-order chi connectivity index (χ0) is 20.3. The SMILES string of the molecule is CCOc1nc2c(Cl)c(F)c(OCC3CC(OC[C@H](C)NC(C)=O)C3)nc2s1. The van der Waals surface area contributed by atoms with Crippen LogP contribution in [0.5, 0.6) is 11.1 Å². The number of aromatic nitrogens is 2. The molecule has 10 heteroatoms. The van der Waals surface area contributed by atoms with Crippen LogP contribution in [0.25, 0.3) is 10.3 Å². The molecule has 0 aromatic carbocycles. The van der Waals surface area contributed by atoms with Gasteiger partial charge in [0.2, 0.25) is 11.7 Å². The van der Waals surface area contributed by atoms with Gasteiger partial charge in [0, 0.05) is 13.0 Å². The maximum Gasteiger partial charge on any atom is 0.275 e. The summed E-state index contributed by atoms with van der Waals surface area (Å²) in [6, 6.07) is -0.0269. The van der Waals surface area contributed by atoms with E-state index >= 15 is 0 Å². The van der Waals surface area contributed by atoms with E-state index < -0.39 is 5.82 Å². The first-order chi connectivity index (χ1) is 13.4. The molecule has 1 atom stereocenters. The maximum absolute atomic E-state index is 14.4. The average molecular weight is 432 g/mol. The van der Waals surface area contributed by atoms with Gasteiger partial charge < -0.3 is 19.5 Å². The van der Waals surface area contributed by atoms with Crippen LogP contribution in [-0.4, -0.2) is 47.8 Å². The molecule has 0 saturated heterocycles. The van der Waals surface area contributed by atoms with E-state index in [2.05, 4.69) is 15.3 Å². The molecule has 0 spiro atoms. The Bertz CT molecular complexity index is 844. The summed E-state index contributed by atoms with van der Waals surface area (Å²) >= 11 is 7.28. The number of thiazole rings is 1. The van der Waals surface area contributed by atoms with E-state index in [1.54, 1.807) is 0 Å². The molecule has 0 radical (unpaired) electrons. The van der Waals surface area contributed by atoms with Crippen molar-refractivity contribution in [3.8, 4) is 11.1 Å². The molecular formula is C18H23ClFN3O4S. The summed E-state index contributed by atoms with van der Waals surface area (Å²) in [6.07, 6.45) is 1.77. The monoisotopic (exact) mass is 431 g/mol. The van der Waals surface area contributed by atoms with E-state index in [1.165, 1.54) is 18.3 Å². The number of nitrogens with zero attached hydrogens (tertiary/aromatic N) is 2. The highest BCUT2D eigenvalue weighted by molar-refractivity contribution is 7.19. The third-order valence-corrected chi connectivity index (χ3v) is 5.54. The third-order valence-electron chi connectivity index (χ3n) is 4.33. The molecule has 2 heterocycles. The molecule has 154 valence electrons. The van der Waals surface area contributed by atoms with E-state index in [0.29, 0.717) is 29.8 Å². The van der Waals surface area contributed by atoms with Crippen molar-refractivity contribution in [3.05, 3.63) is 10.8 Å². The molecule has 28 heavy (non-hydrogen) atoms. The summed E-state index contributed by atoms with van der Waals surface area (Å²) in [5.41, 5.74) is 0.283. The molecule has 7 nitrogen and oxygen atoms in total. The Morgan fingerprint density at radius 3 is 2.82 bits per heavy atom. The molecule has 0 bridgehead atoms. The van der Waals surface area contributed by atoms with Crippen LogP contribution in [0.15, 0.2) is 0 Å².